The molecule has 4 heteroatoms. The number of carbonyl (C=O) groups is 1. The summed E-state index contributed by atoms with van der Waals surface area (Å²) >= 11 is 0. The number of hydrogen-bond donors (Lipinski definition) is 1. The highest BCUT2D eigenvalue weighted by Crippen LogP contribution is 2.24. The standard InChI is InChI=1S/C17H33NO3/c1-4-12-18-17(3,16(19)21-5-2)11-13-20-14-15-9-7-6-8-10-15/h15,18H,4-14H2,1-3H3. The number of esters is 1. The first-order valence-electron chi connectivity index (χ1n) is 8.62. The summed E-state index contributed by atoms with van der Waals surface area (Å²) in [4.78, 5) is 12.1. The van der Waals surface area contributed by atoms with E-state index < -0.39 is 5.54 Å². The van der Waals surface area contributed by atoms with Crippen LogP contribution in [0.1, 0.15) is 65.7 Å². The van der Waals surface area contributed by atoms with Crippen LogP contribution in [0.3, 0.4) is 0 Å². The Labute approximate surface area is 130 Å². The molecular formula is C17H33NO3. The van der Waals surface area contributed by atoms with Crippen molar-refractivity contribution in [3.63, 3.8) is 0 Å². The van der Waals surface area contributed by atoms with Gasteiger partial charge in [-0.15, -0.1) is 0 Å². The van der Waals surface area contributed by atoms with E-state index in [0.717, 1.165) is 25.5 Å². The van der Waals surface area contributed by atoms with Gasteiger partial charge in [0, 0.05) is 13.2 Å². The van der Waals surface area contributed by atoms with Crippen molar-refractivity contribution in [2.45, 2.75) is 71.3 Å². The van der Waals surface area contributed by atoms with Gasteiger partial charge in [-0.25, -0.2) is 0 Å². The maximum Gasteiger partial charge on any atom is 0.326 e. The van der Waals surface area contributed by atoms with Crippen molar-refractivity contribution in [3.8, 4) is 0 Å². The smallest absolute Gasteiger partial charge is 0.326 e. The predicted octanol–water partition coefficient (Wildman–Crippen LogP) is 3.29. The van der Waals surface area contributed by atoms with Crippen LogP contribution in [0.25, 0.3) is 0 Å². The lowest BCUT2D eigenvalue weighted by atomic mass is 9.90. The van der Waals surface area contributed by atoms with Crippen LogP contribution in [0.4, 0.5) is 0 Å². The second kappa shape index (κ2) is 10.2. The van der Waals surface area contributed by atoms with Crippen LogP contribution >= 0.6 is 0 Å². The minimum absolute atomic E-state index is 0.167. The molecule has 1 atom stereocenters. The molecule has 1 fully saturated rings. The number of carbonyl (C=O) groups excluding carboxylic acids is 1. The summed E-state index contributed by atoms with van der Waals surface area (Å²) in [7, 11) is 0. The third kappa shape index (κ3) is 6.79. The molecule has 21 heavy (non-hydrogen) atoms. The molecule has 0 spiro atoms. The fraction of sp³-hybridized carbons (Fsp3) is 0.941. The molecule has 0 aromatic carbocycles. The highest BCUT2D eigenvalue weighted by atomic mass is 16.5. The minimum atomic E-state index is -0.626. The lowest BCUT2D eigenvalue weighted by Gasteiger charge is -2.29. The molecule has 0 bridgehead atoms. The summed E-state index contributed by atoms with van der Waals surface area (Å²) in [6.45, 7) is 8.55. The summed E-state index contributed by atoms with van der Waals surface area (Å²) in [5.74, 6) is 0.552. The molecule has 1 aliphatic rings. The van der Waals surface area contributed by atoms with E-state index in [0.29, 0.717) is 19.6 Å². The van der Waals surface area contributed by atoms with Gasteiger partial charge in [-0.3, -0.25) is 4.79 Å². The maximum atomic E-state index is 12.1. The van der Waals surface area contributed by atoms with Crippen molar-refractivity contribution in [3.05, 3.63) is 0 Å². The number of rotatable bonds is 10. The van der Waals surface area contributed by atoms with Crippen molar-refractivity contribution in [1.29, 1.82) is 0 Å². The van der Waals surface area contributed by atoms with Crippen LogP contribution in [0.2, 0.25) is 0 Å². The first kappa shape index (κ1) is 18.4. The summed E-state index contributed by atoms with van der Waals surface area (Å²) < 4.78 is 11.0. The number of ether oxygens (including phenoxy) is 2. The minimum Gasteiger partial charge on any atom is -0.465 e. The second-order valence-corrected chi connectivity index (χ2v) is 6.31. The average molecular weight is 299 g/mol. The molecule has 1 rings (SSSR count). The normalized spacial score (nSPS) is 19.2. The van der Waals surface area contributed by atoms with Gasteiger partial charge in [0.2, 0.25) is 0 Å². The van der Waals surface area contributed by atoms with Crippen molar-refractivity contribution in [2.24, 2.45) is 5.92 Å². The molecule has 0 heterocycles. The van der Waals surface area contributed by atoms with Gasteiger partial charge in [0.25, 0.3) is 0 Å². The molecule has 0 aromatic rings. The average Bonchev–Trinajstić information content (AvgIpc) is 2.51. The van der Waals surface area contributed by atoms with Crippen LogP contribution in [-0.2, 0) is 14.3 Å². The summed E-state index contributed by atoms with van der Waals surface area (Å²) in [6, 6.07) is 0. The van der Waals surface area contributed by atoms with E-state index in [9.17, 15) is 4.79 Å². The maximum absolute atomic E-state index is 12.1. The zero-order chi connectivity index (χ0) is 15.6. The molecule has 1 unspecified atom stereocenters. The molecule has 124 valence electrons. The Morgan fingerprint density at radius 3 is 2.57 bits per heavy atom. The number of hydrogen-bond acceptors (Lipinski definition) is 4. The van der Waals surface area contributed by atoms with E-state index in [1.54, 1.807) is 0 Å². The Morgan fingerprint density at radius 2 is 1.95 bits per heavy atom. The lowest BCUT2D eigenvalue weighted by molar-refractivity contribution is -0.151. The Morgan fingerprint density at radius 1 is 1.24 bits per heavy atom. The second-order valence-electron chi connectivity index (χ2n) is 6.31. The molecule has 1 saturated carbocycles. The first-order chi connectivity index (χ1) is 10.1. The van der Waals surface area contributed by atoms with Crippen molar-refractivity contribution in [1.82, 2.24) is 5.32 Å². The van der Waals surface area contributed by atoms with Gasteiger partial charge in [0.15, 0.2) is 0 Å². The van der Waals surface area contributed by atoms with Gasteiger partial charge >= 0.3 is 5.97 Å². The summed E-state index contributed by atoms with van der Waals surface area (Å²) in [6.07, 6.45) is 8.31. The van der Waals surface area contributed by atoms with E-state index in [-0.39, 0.29) is 5.97 Å². The lowest BCUT2D eigenvalue weighted by Crippen LogP contribution is -2.51. The highest BCUT2D eigenvalue weighted by Gasteiger charge is 2.33. The molecule has 1 aliphatic carbocycles. The third-order valence-electron chi connectivity index (χ3n) is 4.32. The van der Waals surface area contributed by atoms with E-state index in [1.807, 2.05) is 13.8 Å². The molecule has 0 amide bonds. The fourth-order valence-corrected chi connectivity index (χ4v) is 2.83. The topological polar surface area (TPSA) is 47.6 Å². The first-order valence-corrected chi connectivity index (χ1v) is 8.62. The molecule has 0 aromatic heterocycles. The Hall–Kier alpha value is -0.610. The van der Waals surface area contributed by atoms with Gasteiger partial charge in [-0.1, -0.05) is 26.2 Å². The highest BCUT2D eigenvalue weighted by molar-refractivity contribution is 5.80. The van der Waals surface area contributed by atoms with E-state index >= 15 is 0 Å². The van der Waals surface area contributed by atoms with Gasteiger partial charge in [0.1, 0.15) is 5.54 Å². The van der Waals surface area contributed by atoms with Crippen LogP contribution in [0.5, 0.6) is 0 Å². The molecule has 0 radical (unpaired) electrons. The van der Waals surface area contributed by atoms with Gasteiger partial charge < -0.3 is 14.8 Å². The Kier molecular flexibility index (Phi) is 8.93. The van der Waals surface area contributed by atoms with Crippen LogP contribution < -0.4 is 5.32 Å². The Bertz CT molecular complexity index is 290. The zero-order valence-electron chi connectivity index (χ0n) is 14.1. The van der Waals surface area contributed by atoms with Crippen LogP contribution in [0, 0.1) is 5.92 Å². The fourth-order valence-electron chi connectivity index (χ4n) is 2.83. The SMILES string of the molecule is CCCNC(C)(CCOCC1CCCCC1)C(=O)OCC. The summed E-state index contributed by atoms with van der Waals surface area (Å²) in [5, 5.41) is 3.31. The Balaban J connectivity index is 2.32. The molecule has 0 saturated heterocycles. The van der Waals surface area contributed by atoms with Crippen molar-refractivity contribution < 1.29 is 14.3 Å². The zero-order valence-corrected chi connectivity index (χ0v) is 14.1. The monoisotopic (exact) mass is 299 g/mol. The van der Waals surface area contributed by atoms with Gasteiger partial charge in [-0.05, 0) is 52.0 Å². The molecule has 0 aliphatic heterocycles. The largest absolute Gasteiger partial charge is 0.465 e. The summed E-state index contributed by atoms with van der Waals surface area (Å²) in [5.41, 5.74) is -0.626. The third-order valence-corrected chi connectivity index (χ3v) is 4.32. The van der Waals surface area contributed by atoms with Crippen LogP contribution in [0.15, 0.2) is 0 Å². The molecule has 1 N–H and O–H groups in total. The molecular weight excluding hydrogens is 266 g/mol. The van der Waals surface area contributed by atoms with Crippen molar-refractivity contribution in [2.75, 3.05) is 26.4 Å². The quantitative estimate of drug-likeness (QED) is 0.497. The van der Waals surface area contributed by atoms with E-state index in [1.165, 1.54) is 32.1 Å². The van der Waals surface area contributed by atoms with Crippen molar-refractivity contribution >= 4 is 5.97 Å². The van der Waals surface area contributed by atoms with E-state index in [2.05, 4.69) is 12.2 Å². The van der Waals surface area contributed by atoms with Gasteiger partial charge in [-0.2, -0.15) is 0 Å². The predicted molar refractivity (Wildman–Crippen MR) is 85.3 cm³/mol. The van der Waals surface area contributed by atoms with Gasteiger partial charge in [0.05, 0.1) is 6.61 Å². The van der Waals surface area contributed by atoms with Crippen LogP contribution in [-0.4, -0.2) is 37.9 Å². The number of nitrogens with one attached hydrogen (secondary N) is 1. The van der Waals surface area contributed by atoms with E-state index in [4.69, 9.17) is 9.47 Å². The molecule has 4 nitrogen and oxygen atoms in total.